The van der Waals surface area contributed by atoms with Gasteiger partial charge in [-0.05, 0) is 61.3 Å². The summed E-state index contributed by atoms with van der Waals surface area (Å²) in [5.74, 6) is 0.185. The van der Waals surface area contributed by atoms with Gasteiger partial charge in [-0.15, -0.1) is 0 Å². The van der Waals surface area contributed by atoms with Gasteiger partial charge in [-0.3, -0.25) is 0 Å². The van der Waals surface area contributed by atoms with Crippen LogP contribution in [-0.2, 0) is 26.2 Å². The molecule has 0 bridgehead atoms. The molecule has 0 heterocycles. The van der Waals surface area contributed by atoms with E-state index < -0.39 is 5.54 Å². The van der Waals surface area contributed by atoms with Crippen LogP contribution < -0.4 is 5.73 Å². The summed E-state index contributed by atoms with van der Waals surface area (Å²) in [5, 5.41) is 0. The summed E-state index contributed by atoms with van der Waals surface area (Å²) in [7, 11) is 1.76. The number of methoxy groups -OCH3 is 1. The SMILES string of the molecule is CCOC(=O)[C@]1(N)c2cc(Br)ccc2C[C@@H]1CC[C@@H](OC)[C@@H](C)CC. The molecule has 0 radical (unpaired) electrons. The molecule has 2 rings (SSSR count). The van der Waals surface area contributed by atoms with Gasteiger partial charge in [0.25, 0.3) is 0 Å². The van der Waals surface area contributed by atoms with Crippen molar-refractivity contribution in [3.63, 3.8) is 0 Å². The summed E-state index contributed by atoms with van der Waals surface area (Å²) < 4.78 is 11.9. The van der Waals surface area contributed by atoms with Gasteiger partial charge in [-0.25, -0.2) is 4.79 Å². The number of ether oxygens (including phenoxy) is 2. The van der Waals surface area contributed by atoms with E-state index in [0.717, 1.165) is 41.3 Å². The lowest BCUT2D eigenvalue weighted by atomic mass is 9.80. The number of fused-ring (bicyclic) bond motifs is 1. The number of benzene rings is 1. The third-order valence-corrected chi connectivity index (χ3v) is 6.12. The number of hydrogen-bond donors (Lipinski definition) is 1. The average Bonchev–Trinajstić information content (AvgIpc) is 2.88. The molecule has 140 valence electrons. The van der Waals surface area contributed by atoms with E-state index in [-0.39, 0.29) is 18.0 Å². The van der Waals surface area contributed by atoms with Gasteiger partial charge in [0.05, 0.1) is 12.7 Å². The summed E-state index contributed by atoms with van der Waals surface area (Å²) in [6.07, 6.45) is 3.79. The number of carbonyl (C=O) groups excluding carboxylic acids is 1. The lowest BCUT2D eigenvalue weighted by Crippen LogP contribution is -2.50. The van der Waals surface area contributed by atoms with Gasteiger partial charge in [0.15, 0.2) is 0 Å². The molecule has 4 atom stereocenters. The van der Waals surface area contributed by atoms with E-state index in [9.17, 15) is 4.79 Å². The van der Waals surface area contributed by atoms with Gasteiger partial charge in [0.1, 0.15) is 5.54 Å². The fourth-order valence-electron chi connectivity index (χ4n) is 3.88. The van der Waals surface area contributed by atoms with E-state index in [1.54, 1.807) is 7.11 Å². The third-order valence-electron chi connectivity index (χ3n) is 5.62. The van der Waals surface area contributed by atoms with Gasteiger partial charge < -0.3 is 15.2 Å². The minimum atomic E-state index is -1.08. The lowest BCUT2D eigenvalue weighted by Gasteiger charge is -2.31. The Bertz CT molecular complexity index is 607. The van der Waals surface area contributed by atoms with E-state index in [2.05, 4.69) is 35.8 Å². The minimum Gasteiger partial charge on any atom is -0.464 e. The third kappa shape index (κ3) is 4.09. The number of hydrogen-bond acceptors (Lipinski definition) is 4. The first-order chi connectivity index (χ1) is 11.9. The second-order valence-electron chi connectivity index (χ2n) is 7.03. The minimum absolute atomic E-state index is 0.0255. The van der Waals surface area contributed by atoms with E-state index >= 15 is 0 Å². The van der Waals surface area contributed by atoms with Crippen LogP contribution in [0.4, 0.5) is 0 Å². The molecule has 0 amide bonds. The highest BCUT2D eigenvalue weighted by Gasteiger charge is 2.50. The Morgan fingerprint density at radius 3 is 2.76 bits per heavy atom. The Kier molecular flexibility index (Phi) is 7.06. The molecule has 0 aliphatic heterocycles. The highest BCUT2D eigenvalue weighted by molar-refractivity contribution is 9.10. The van der Waals surface area contributed by atoms with Crippen LogP contribution in [0.5, 0.6) is 0 Å². The molecule has 0 fully saturated rings. The summed E-state index contributed by atoms with van der Waals surface area (Å²) in [5.41, 5.74) is 7.66. The Hall–Kier alpha value is -0.910. The van der Waals surface area contributed by atoms with Crippen molar-refractivity contribution in [1.82, 2.24) is 0 Å². The highest BCUT2D eigenvalue weighted by Crippen LogP contribution is 2.44. The molecule has 1 aromatic carbocycles. The Morgan fingerprint density at radius 2 is 2.16 bits per heavy atom. The number of halogens is 1. The van der Waals surface area contributed by atoms with Gasteiger partial charge in [0.2, 0.25) is 0 Å². The van der Waals surface area contributed by atoms with Crippen molar-refractivity contribution in [1.29, 1.82) is 0 Å². The number of carbonyl (C=O) groups is 1. The van der Waals surface area contributed by atoms with Crippen LogP contribution in [0.25, 0.3) is 0 Å². The van der Waals surface area contributed by atoms with Crippen molar-refractivity contribution >= 4 is 21.9 Å². The number of nitrogens with two attached hydrogens (primary N) is 1. The Morgan fingerprint density at radius 1 is 1.44 bits per heavy atom. The molecule has 0 saturated carbocycles. The number of esters is 1. The molecule has 0 unspecified atom stereocenters. The van der Waals surface area contributed by atoms with Crippen LogP contribution in [-0.4, -0.2) is 25.8 Å². The monoisotopic (exact) mass is 411 g/mol. The molecular formula is C20H30BrNO3. The molecule has 1 aliphatic carbocycles. The van der Waals surface area contributed by atoms with Crippen molar-refractivity contribution < 1.29 is 14.3 Å². The van der Waals surface area contributed by atoms with E-state index in [4.69, 9.17) is 15.2 Å². The number of rotatable bonds is 8. The zero-order chi connectivity index (χ0) is 18.6. The molecule has 4 nitrogen and oxygen atoms in total. The van der Waals surface area contributed by atoms with Crippen molar-refractivity contribution in [2.45, 2.75) is 58.1 Å². The molecule has 1 aliphatic rings. The molecule has 0 aromatic heterocycles. The van der Waals surface area contributed by atoms with Gasteiger partial charge in [-0.1, -0.05) is 42.3 Å². The normalized spacial score (nSPS) is 24.6. The second kappa shape index (κ2) is 8.65. The predicted molar refractivity (Wildman–Crippen MR) is 103 cm³/mol. The average molecular weight is 412 g/mol. The lowest BCUT2D eigenvalue weighted by molar-refractivity contribution is -0.152. The van der Waals surface area contributed by atoms with Crippen LogP contribution >= 0.6 is 15.9 Å². The van der Waals surface area contributed by atoms with Crippen LogP contribution in [0.15, 0.2) is 22.7 Å². The van der Waals surface area contributed by atoms with Gasteiger partial charge >= 0.3 is 5.97 Å². The summed E-state index contributed by atoms with van der Waals surface area (Å²) in [4.78, 5) is 12.8. The molecular weight excluding hydrogens is 382 g/mol. The molecule has 0 spiro atoms. The molecule has 0 saturated heterocycles. The van der Waals surface area contributed by atoms with Gasteiger partial charge in [0, 0.05) is 11.6 Å². The fraction of sp³-hybridized carbons (Fsp3) is 0.650. The maximum atomic E-state index is 12.8. The topological polar surface area (TPSA) is 61.5 Å². The summed E-state index contributed by atoms with van der Waals surface area (Å²) in [6.45, 7) is 6.53. The standard InChI is InChI=1S/C20H30BrNO3/c1-5-13(3)18(24-4)10-8-15-11-14-7-9-16(21)12-17(14)20(15,22)19(23)25-6-2/h7,9,12-13,15,18H,5-6,8,10-11,22H2,1-4H3/t13-,15-,18+,20+/m0/s1. The van der Waals surface area contributed by atoms with Crippen LogP contribution in [0.1, 0.15) is 51.2 Å². The maximum absolute atomic E-state index is 12.8. The first-order valence-electron chi connectivity index (χ1n) is 9.16. The first kappa shape index (κ1) is 20.4. The van der Waals surface area contributed by atoms with E-state index in [1.807, 2.05) is 19.1 Å². The molecule has 5 heteroatoms. The maximum Gasteiger partial charge on any atom is 0.331 e. The molecule has 2 N–H and O–H groups in total. The van der Waals surface area contributed by atoms with Crippen molar-refractivity contribution in [3.05, 3.63) is 33.8 Å². The van der Waals surface area contributed by atoms with Crippen LogP contribution in [0.2, 0.25) is 0 Å². The van der Waals surface area contributed by atoms with Crippen molar-refractivity contribution in [2.24, 2.45) is 17.6 Å². The Balaban J connectivity index is 2.26. The first-order valence-corrected chi connectivity index (χ1v) is 9.95. The van der Waals surface area contributed by atoms with Crippen LogP contribution in [0.3, 0.4) is 0 Å². The predicted octanol–water partition coefficient (Wildman–Crippen LogP) is 4.18. The van der Waals surface area contributed by atoms with Crippen molar-refractivity contribution in [3.8, 4) is 0 Å². The van der Waals surface area contributed by atoms with E-state index in [0.29, 0.717) is 12.5 Å². The second-order valence-corrected chi connectivity index (χ2v) is 7.94. The highest BCUT2D eigenvalue weighted by atomic mass is 79.9. The summed E-state index contributed by atoms with van der Waals surface area (Å²) >= 11 is 3.50. The van der Waals surface area contributed by atoms with E-state index in [1.165, 1.54) is 0 Å². The van der Waals surface area contributed by atoms with Gasteiger partial charge in [-0.2, -0.15) is 0 Å². The van der Waals surface area contributed by atoms with Crippen molar-refractivity contribution in [2.75, 3.05) is 13.7 Å². The zero-order valence-corrected chi connectivity index (χ0v) is 17.3. The fourth-order valence-corrected chi connectivity index (χ4v) is 4.24. The quantitative estimate of drug-likeness (QED) is 0.651. The smallest absolute Gasteiger partial charge is 0.331 e. The van der Waals surface area contributed by atoms with Crippen LogP contribution in [0, 0.1) is 11.8 Å². The largest absolute Gasteiger partial charge is 0.464 e. The molecule has 25 heavy (non-hydrogen) atoms. The Labute approximate surface area is 159 Å². The summed E-state index contributed by atoms with van der Waals surface area (Å²) in [6, 6.07) is 6.03. The zero-order valence-electron chi connectivity index (χ0n) is 15.7. The molecule has 1 aromatic rings.